The second-order valence-electron chi connectivity index (χ2n) is 4.35. The van der Waals surface area contributed by atoms with Crippen molar-refractivity contribution < 1.29 is 4.74 Å². The molecule has 1 heterocycles. The molecule has 0 aliphatic rings. The van der Waals surface area contributed by atoms with Crippen LogP contribution in [0.15, 0.2) is 30.6 Å². The van der Waals surface area contributed by atoms with Crippen LogP contribution in [0, 0.1) is 0 Å². The van der Waals surface area contributed by atoms with Gasteiger partial charge in [-0.1, -0.05) is 0 Å². The van der Waals surface area contributed by atoms with Crippen molar-refractivity contribution in [2.24, 2.45) is 7.05 Å². The van der Waals surface area contributed by atoms with E-state index in [0.29, 0.717) is 12.3 Å². The average molecular weight is 260 g/mol. The van der Waals surface area contributed by atoms with Crippen molar-refractivity contribution in [3.05, 3.63) is 36.4 Å². The van der Waals surface area contributed by atoms with E-state index in [9.17, 15) is 0 Å². The molecule has 2 rings (SSSR count). The minimum Gasteiger partial charge on any atom is -0.494 e. The van der Waals surface area contributed by atoms with Crippen molar-refractivity contribution in [2.45, 2.75) is 13.3 Å². The van der Waals surface area contributed by atoms with Crippen molar-refractivity contribution >= 4 is 11.4 Å². The molecule has 0 atom stereocenters. The molecule has 0 unspecified atom stereocenters. The Morgan fingerprint density at radius 3 is 2.89 bits per heavy atom. The first kappa shape index (κ1) is 13.3. The van der Waals surface area contributed by atoms with E-state index in [2.05, 4.69) is 10.3 Å². The second kappa shape index (κ2) is 6.13. The number of aryl methyl sites for hydroxylation is 1. The molecule has 0 saturated heterocycles. The number of nitrogens with one attached hydrogen (secondary N) is 1. The first-order valence-electron chi connectivity index (χ1n) is 6.42. The molecule has 0 radical (unpaired) electrons. The largest absolute Gasteiger partial charge is 0.494 e. The molecule has 2 aromatic rings. The Hall–Kier alpha value is -2.17. The van der Waals surface area contributed by atoms with Gasteiger partial charge in [0.05, 0.1) is 6.61 Å². The summed E-state index contributed by atoms with van der Waals surface area (Å²) in [6.07, 6.45) is 4.62. The molecule has 3 N–H and O–H groups in total. The molecule has 0 fully saturated rings. The lowest BCUT2D eigenvalue weighted by atomic mass is 10.2. The topological polar surface area (TPSA) is 65.1 Å². The van der Waals surface area contributed by atoms with Gasteiger partial charge in [-0.2, -0.15) is 0 Å². The highest BCUT2D eigenvalue weighted by Crippen LogP contribution is 2.22. The number of anilines is 2. The molecular formula is C14H20N4O. The van der Waals surface area contributed by atoms with Gasteiger partial charge in [0.2, 0.25) is 0 Å². The first-order valence-corrected chi connectivity index (χ1v) is 6.42. The number of nitrogen functional groups attached to an aromatic ring is 1. The fourth-order valence-electron chi connectivity index (χ4n) is 1.93. The lowest BCUT2D eigenvalue weighted by Crippen LogP contribution is -2.09. The van der Waals surface area contributed by atoms with Gasteiger partial charge in [-0.25, -0.2) is 4.98 Å². The van der Waals surface area contributed by atoms with E-state index < -0.39 is 0 Å². The molecule has 0 bridgehead atoms. The first-order chi connectivity index (χ1) is 9.19. The van der Waals surface area contributed by atoms with Crippen molar-refractivity contribution in [3.63, 3.8) is 0 Å². The van der Waals surface area contributed by atoms with Crippen molar-refractivity contribution in [2.75, 3.05) is 24.2 Å². The molecule has 0 saturated carbocycles. The number of nitrogens with zero attached hydrogens (tertiary/aromatic N) is 2. The van der Waals surface area contributed by atoms with Crippen LogP contribution in [0.5, 0.6) is 5.75 Å². The van der Waals surface area contributed by atoms with Gasteiger partial charge in [0.25, 0.3) is 0 Å². The highest BCUT2D eigenvalue weighted by Gasteiger charge is 2.01. The van der Waals surface area contributed by atoms with Gasteiger partial charge in [-0.05, 0) is 13.0 Å². The third kappa shape index (κ3) is 3.64. The Morgan fingerprint density at radius 2 is 2.21 bits per heavy atom. The van der Waals surface area contributed by atoms with Crippen molar-refractivity contribution in [3.8, 4) is 5.75 Å². The summed E-state index contributed by atoms with van der Waals surface area (Å²) in [6.45, 7) is 3.40. The van der Waals surface area contributed by atoms with Gasteiger partial charge < -0.3 is 20.4 Å². The van der Waals surface area contributed by atoms with E-state index in [1.54, 1.807) is 0 Å². The normalized spacial score (nSPS) is 10.4. The number of aromatic nitrogens is 2. The highest BCUT2D eigenvalue weighted by molar-refractivity contribution is 5.59. The van der Waals surface area contributed by atoms with Gasteiger partial charge in [0, 0.05) is 55.9 Å². The minimum absolute atomic E-state index is 0.635. The predicted octanol–water partition coefficient (Wildman–Crippen LogP) is 2.06. The fraction of sp³-hybridized carbons (Fsp3) is 0.357. The van der Waals surface area contributed by atoms with E-state index in [4.69, 9.17) is 10.5 Å². The molecule has 5 heteroatoms. The summed E-state index contributed by atoms with van der Waals surface area (Å²) in [5.74, 6) is 1.85. The summed E-state index contributed by atoms with van der Waals surface area (Å²) in [7, 11) is 2.00. The minimum atomic E-state index is 0.635. The Morgan fingerprint density at radius 1 is 1.37 bits per heavy atom. The van der Waals surface area contributed by atoms with Crippen LogP contribution < -0.4 is 15.8 Å². The molecule has 0 aliphatic heterocycles. The number of ether oxygens (including phenoxy) is 1. The third-order valence-electron chi connectivity index (χ3n) is 2.84. The summed E-state index contributed by atoms with van der Waals surface area (Å²) in [6, 6.07) is 5.69. The molecule has 0 amide bonds. The Kier molecular flexibility index (Phi) is 4.28. The summed E-state index contributed by atoms with van der Waals surface area (Å²) < 4.78 is 7.48. The van der Waals surface area contributed by atoms with E-state index in [-0.39, 0.29) is 0 Å². The number of rotatable bonds is 6. The monoisotopic (exact) mass is 260 g/mol. The third-order valence-corrected chi connectivity index (χ3v) is 2.84. The zero-order chi connectivity index (χ0) is 13.7. The van der Waals surface area contributed by atoms with Crippen LogP contribution in [0.3, 0.4) is 0 Å². The molecule has 0 spiro atoms. The summed E-state index contributed by atoms with van der Waals surface area (Å²) in [5, 5.41) is 3.34. The standard InChI is InChI=1S/C14H20N4O/c1-3-19-13-9-11(15)8-12(10-13)16-5-4-14-17-6-7-18(14)2/h6-10,16H,3-5,15H2,1-2H3. The summed E-state index contributed by atoms with van der Waals surface area (Å²) >= 11 is 0. The van der Waals surface area contributed by atoms with E-state index in [1.165, 1.54) is 0 Å². The van der Waals surface area contributed by atoms with E-state index in [1.807, 2.05) is 49.1 Å². The molecule has 1 aromatic carbocycles. The van der Waals surface area contributed by atoms with Crippen molar-refractivity contribution in [1.29, 1.82) is 0 Å². The van der Waals surface area contributed by atoms with E-state index in [0.717, 1.165) is 30.2 Å². The summed E-state index contributed by atoms with van der Waals surface area (Å²) in [5.41, 5.74) is 7.51. The van der Waals surface area contributed by atoms with Crippen LogP contribution in [-0.4, -0.2) is 22.7 Å². The predicted molar refractivity (Wildman–Crippen MR) is 77.4 cm³/mol. The number of benzene rings is 1. The number of imidazole rings is 1. The number of hydrogen-bond acceptors (Lipinski definition) is 4. The highest BCUT2D eigenvalue weighted by atomic mass is 16.5. The Bertz CT molecular complexity index is 536. The van der Waals surface area contributed by atoms with Crippen LogP contribution in [0.4, 0.5) is 11.4 Å². The van der Waals surface area contributed by atoms with Crippen LogP contribution in [-0.2, 0) is 13.5 Å². The average Bonchev–Trinajstić information content (AvgIpc) is 2.75. The lowest BCUT2D eigenvalue weighted by molar-refractivity contribution is 0.340. The van der Waals surface area contributed by atoms with Crippen LogP contribution in [0.2, 0.25) is 0 Å². The SMILES string of the molecule is CCOc1cc(N)cc(NCCc2nccn2C)c1. The molecular weight excluding hydrogens is 240 g/mol. The van der Waals surface area contributed by atoms with Gasteiger partial charge in [-0.15, -0.1) is 0 Å². The van der Waals surface area contributed by atoms with Crippen LogP contribution in [0.1, 0.15) is 12.7 Å². The molecule has 5 nitrogen and oxygen atoms in total. The van der Waals surface area contributed by atoms with Crippen LogP contribution >= 0.6 is 0 Å². The van der Waals surface area contributed by atoms with Gasteiger partial charge in [0.15, 0.2) is 0 Å². The fourth-order valence-corrected chi connectivity index (χ4v) is 1.93. The van der Waals surface area contributed by atoms with Gasteiger partial charge in [0.1, 0.15) is 11.6 Å². The second-order valence-corrected chi connectivity index (χ2v) is 4.35. The molecule has 1 aromatic heterocycles. The molecule has 0 aliphatic carbocycles. The number of nitrogens with two attached hydrogens (primary N) is 1. The van der Waals surface area contributed by atoms with Gasteiger partial charge >= 0.3 is 0 Å². The zero-order valence-electron chi connectivity index (χ0n) is 11.4. The summed E-state index contributed by atoms with van der Waals surface area (Å²) in [4.78, 5) is 4.29. The number of hydrogen-bond donors (Lipinski definition) is 2. The molecule has 19 heavy (non-hydrogen) atoms. The smallest absolute Gasteiger partial charge is 0.123 e. The maximum Gasteiger partial charge on any atom is 0.123 e. The zero-order valence-corrected chi connectivity index (χ0v) is 11.4. The lowest BCUT2D eigenvalue weighted by Gasteiger charge is -2.10. The molecule has 102 valence electrons. The van der Waals surface area contributed by atoms with Crippen molar-refractivity contribution in [1.82, 2.24) is 9.55 Å². The van der Waals surface area contributed by atoms with E-state index >= 15 is 0 Å². The Labute approximate surface area is 113 Å². The van der Waals surface area contributed by atoms with Gasteiger partial charge in [-0.3, -0.25) is 0 Å². The maximum absolute atomic E-state index is 5.84. The van der Waals surface area contributed by atoms with Crippen LogP contribution in [0.25, 0.3) is 0 Å². The quantitative estimate of drug-likeness (QED) is 0.780. The maximum atomic E-state index is 5.84. The Balaban J connectivity index is 1.94.